The largest absolute Gasteiger partial charge is 0.494 e. The molecule has 0 bridgehead atoms. The highest BCUT2D eigenvalue weighted by molar-refractivity contribution is 5.70. The van der Waals surface area contributed by atoms with Gasteiger partial charge >= 0.3 is 0 Å². The third-order valence-electron chi connectivity index (χ3n) is 3.14. The van der Waals surface area contributed by atoms with Gasteiger partial charge < -0.3 is 4.74 Å². The monoisotopic (exact) mass is 266 g/mol. The zero-order valence-electron chi connectivity index (χ0n) is 12.1. The van der Waals surface area contributed by atoms with Gasteiger partial charge in [0.25, 0.3) is 0 Å². The Kier molecular flexibility index (Phi) is 5.91. The van der Waals surface area contributed by atoms with Crippen molar-refractivity contribution in [2.45, 2.75) is 26.2 Å². The summed E-state index contributed by atoms with van der Waals surface area (Å²) >= 11 is 0. The standard InChI is InChI=1S/C19H22O/c1-2-3-7-15-20-19-12-8-11-18(16-19)14-13-17-9-5-4-6-10-17/h4-6,8-14,16H,2-3,7,15H2,1H3. The molecule has 104 valence electrons. The molecule has 0 heterocycles. The zero-order chi connectivity index (χ0) is 14.0. The lowest BCUT2D eigenvalue weighted by Gasteiger charge is -2.06. The van der Waals surface area contributed by atoms with Crippen LogP contribution in [0.25, 0.3) is 12.2 Å². The molecule has 1 heteroatoms. The van der Waals surface area contributed by atoms with Crippen LogP contribution in [0.5, 0.6) is 5.75 Å². The van der Waals surface area contributed by atoms with E-state index in [2.05, 4.69) is 43.3 Å². The molecule has 0 aliphatic carbocycles. The first-order valence-electron chi connectivity index (χ1n) is 7.34. The van der Waals surface area contributed by atoms with Crippen LogP contribution in [0.4, 0.5) is 0 Å². The summed E-state index contributed by atoms with van der Waals surface area (Å²) in [5.74, 6) is 0.955. The predicted octanol–water partition coefficient (Wildman–Crippen LogP) is 5.43. The molecule has 2 rings (SSSR count). The zero-order valence-corrected chi connectivity index (χ0v) is 12.1. The van der Waals surface area contributed by atoms with E-state index in [-0.39, 0.29) is 0 Å². The second-order valence-corrected chi connectivity index (χ2v) is 4.87. The third kappa shape index (κ3) is 4.93. The molecule has 0 amide bonds. The molecular weight excluding hydrogens is 244 g/mol. The van der Waals surface area contributed by atoms with Gasteiger partial charge in [0.2, 0.25) is 0 Å². The van der Waals surface area contributed by atoms with Crippen molar-refractivity contribution in [3.05, 3.63) is 65.7 Å². The Hall–Kier alpha value is -2.02. The van der Waals surface area contributed by atoms with Crippen molar-refractivity contribution < 1.29 is 4.74 Å². The smallest absolute Gasteiger partial charge is 0.119 e. The van der Waals surface area contributed by atoms with Crippen LogP contribution in [-0.4, -0.2) is 6.61 Å². The van der Waals surface area contributed by atoms with Crippen LogP contribution in [0, 0.1) is 0 Å². The third-order valence-corrected chi connectivity index (χ3v) is 3.14. The maximum absolute atomic E-state index is 5.77. The first-order valence-corrected chi connectivity index (χ1v) is 7.34. The van der Waals surface area contributed by atoms with Crippen LogP contribution in [0.15, 0.2) is 54.6 Å². The number of hydrogen-bond donors (Lipinski definition) is 0. The molecule has 0 fully saturated rings. The molecule has 0 saturated carbocycles. The molecule has 0 radical (unpaired) electrons. The van der Waals surface area contributed by atoms with E-state index in [1.165, 1.54) is 24.0 Å². The molecule has 0 N–H and O–H groups in total. The van der Waals surface area contributed by atoms with Crippen molar-refractivity contribution in [2.24, 2.45) is 0 Å². The lowest BCUT2D eigenvalue weighted by molar-refractivity contribution is 0.306. The maximum Gasteiger partial charge on any atom is 0.119 e. The minimum absolute atomic E-state index is 0.805. The molecule has 0 spiro atoms. The quantitative estimate of drug-likeness (QED) is 0.480. The van der Waals surface area contributed by atoms with Gasteiger partial charge in [-0.15, -0.1) is 0 Å². The van der Waals surface area contributed by atoms with Crippen LogP contribution in [0.3, 0.4) is 0 Å². The van der Waals surface area contributed by atoms with E-state index >= 15 is 0 Å². The summed E-state index contributed by atoms with van der Waals surface area (Å²) < 4.78 is 5.77. The summed E-state index contributed by atoms with van der Waals surface area (Å²) in [6.45, 7) is 3.01. The van der Waals surface area contributed by atoms with E-state index in [0.717, 1.165) is 18.8 Å². The first kappa shape index (κ1) is 14.4. The van der Waals surface area contributed by atoms with Gasteiger partial charge in [0, 0.05) is 0 Å². The molecule has 1 nitrogen and oxygen atoms in total. The minimum atomic E-state index is 0.805. The van der Waals surface area contributed by atoms with E-state index in [0.29, 0.717) is 0 Å². The second kappa shape index (κ2) is 8.21. The summed E-state index contributed by atoms with van der Waals surface area (Å²) in [4.78, 5) is 0. The van der Waals surface area contributed by atoms with Crippen LogP contribution in [0.1, 0.15) is 37.3 Å². The number of rotatable bonds is 7. The van der Waals surface area contributed by atoms with Gasteiger partial charge in [-0.1, -0.05) is 74.4 Å². The van der Waals surface area contributed by atoms with Gasteiger partial charge in [0.05, 0.1) is 6.61 Å². The fraction of sp³-hybridized carbons (Fsp3) is 0.263. The molecule has 20 heavy (non-hydrogen) atoms. The van der Waals surface area contributed by atoms with Crippen LogP contribution in [0.2, 0.25) is 0 Å². The molecule has 0 aliphatic rings. The second-order valence-electron chi connectivity index (χ2n) is 4.87. The molecule has 0 unspecified atom stereocenters. The predicted molar refractivity (Wildman–Crippen MR) is 86.8 cm³/mol. The van der Waals surface area contributed by atoms with Gasteiger partial charge in [-0.2, -0.15) is 0 Å². The molecule has 0 saturated heterocycles. The summed E-state index contributed by atoms with van der Waals surface area (Å²) in [5.41, 5.74) is 2.38. The van der Waals surface area contributed by atoms with E-state index in [1.54, 1.807) is 0 Å². The van der Waals surface area contributed by atoms with E-state index < -0.39 is 0 Å². The highest BCUT2D eigenvalue weighted by Crippen LogP contribution is 2.16. The summed E-state index contributed by atoms with van der Waals surface area (Å²) in [5, 5.41) is 0. The first-order chi connectivity index (χ1) is 9.88. The van der Waals surface area contributed by atoms with Gasteiger partial charge in [-0.05, 0) is 29.7 Å². The van der Waals surface area contributed by atoms with Gasteiger partial charge in [-0.25, -0.2) is 0 Å². The van der Waals surface area contributed by atoms with E-state index in [1.807, 2.05) is 30.3 Å². The maximum atomic E-state index is 5.77. The fourth-order valence-electron chi connectivity index (χ4n) is 2.01. The average molecular weight is 266 g/mol. The molecular formula is C19H22O. The number of benzene rings is 2. The van der Waals surface area contributed by atoms with Gasteiger partial charge in [0.15, 0.2) is 0 Å². The number of ether oxygens (including phenoxy) is 1. The Morgan fingerprint density at radius 3 is 2.40 bits per heavy atom. The Bertz CT molecular complexity index is 528. The Morgan fingerprint density at radius 2 is 1.60 bits per heavy atom. The SMILES string of the molecule is CCCCCOc1cccc(C=Cc2ccccc2)c1. The lowest BCUT2D eigenvalue weighted by Crippen LogP contribution is -1.96. The van der Waals surface area contributed by atoms with Crippen molar-refractivity contribution in [1.82, 2.24) is 0 Å². The van der Waals surface area contributed by atoms with E-state index in [9.17, 15) is 0 Å². The number of hydrogen-bond acceptors (Lipinski definition) is 1. The summed E-state index contributed by atoms with van der Waals surface area (Å²) in [6.07, 6.45) is 7.82. The molecule has 2 aromatic carbocycles. The topological polar surface area (TPSA) is 9.23 Å². The highest BCUT2D eigenvalue weighted by atomic mass is 16.5. The van der Waals surface area contributed by atoms with Crippen LogP contribution < -0.4 is 4.74 Å². The molecule has 0 atom stereocenters. The fourth-order valence-corrected chi connectivity index (χ4v) is 2.01. The number of unbranched alkanes of at least 4 members (excludes halogenated alkanes) is 2. The van der Waals surface area contributed by atoms with Crippen LogP contribution >= 0.6 is 0 Å². The van der Waals surface area contributed by atoms with Crippen molar-refractivity contribution in [3.63, 3.8) is 0 Å². The van der Waals surface area contributed by atoms with Crippen molar-refractivity contribution >= 4 is 12.2 Å². The molecule has 0 aromatic heterocycles. The van der Waals surface area contributed by atoms with Gasteiger partial charge in [0.1, 0.15) is 5.75 Å². The minimum Gasteiger partial charge on any atom is -0.494 e. The summed E-state index contributed by atoms with van der Waals surface area (Å²) in [7, 11) is 0. The summed E-state index contributed by atoms with van der Waals surface area (Å²) in [6, 6.07) is 18.6. The van der Waals surface area contributed by atoms with Crippen LogP contribution in [-0.2, 0) is 0 Å². The normalized spacial score (nSPS) is 10.8. The van der Waals surface area contributed by atoms with Gasteiger partial charge in [-0.3, -0.25) is 0 Å². The Morgan fingerprint density at radius 1 is 0.850 bits per heavy atom. The lowest BCUT2D eigenvalue weighted by atomic mass is 10.1. The Labute approximate surface area is 121 Å². The van der Waals surface area contributed by atoms with Crippen molar-refractivity contribution in [1.29, 1.82) is 0 Å². The average Bonchev–Trinajstić information content (AvgIpc) is 2.51. The molecule has 0 aliphatic heterocycles. The van der Waals surface area contributed by atoms with E-state index in [4.69, 9.17) is 4.74 Å². The Balaban J connectivity index is 1.94. The highest BCUT2D eigenvalue weighted by Gasteiger charge is 1.95. The van der Waals surface area contributed by atoms with Crippen molar-refractivity contribution in [2.75, 3.05) is 6.61 Å². The molecule has 2 aromatic rings. The van der Waals surface area contributed by atoms with Crippen molar-refractivity contribution in [3.8, 4) is 5.75 Å².